The molecule has 0 spiro atoms. The molecule has 1 N–H and O–H groups in total. The van der Waals surface area contributed by atoms with Crippen molar-refractivity contribution in [1.29, 1.82) is 0 Å². The third kappa shape index (κ3) is 3.55. The molecule has 0 saturated carbocycles. The summed E-state index contributed by atoms with van der Waals surface area (Å²) in [5, 5.41) is 10.0. The van der Waals surface area contributed by atoms with E-state index in [0.29, 0.717) is 29.7 Å². The van der Waals surface area contributed by atoms with Crippen molar-refractivity contribution >= 4 is 16.8 Å². The van der Waals surface area contributed by atoms with Crippen LogP contribution in [0, 0.1) is 12.7 Å². The number of pyridine rings is 1. The first-order chi connectivity index (χ1) is 9.88. The molecule has 1 aromatic carbocycles. The Morgan fingerprint density at radius 1 is 1.43 bits per heavy atom. The number of hydrogen-bond donors (Lipinski definition) is 1. The number of hydrogen-bond acceptors (Lipinski definition) is 3. The number of aliphatic hydroxyl groups is 1. The van der Waals surface area contributed by atoms with E-state index in [1.165, 1.54) is 12.1 Å². The zero-order chi connectivity index (χ0) is 15.6. The van der Waals surface area contributed by atoms with E-state index in [-0.39, 0.29) is 11.7 Å². The number of rotatable bonds is 4. The van der Waals surface area contributed by atoms with Gasteiger partial charge in [-0.1, -0.05) is 0 Å². The maximum Gasteiger partial charge on any atom is 0.255 e. The van der Waals surface area contributed by atoms with Crippen molar-refractivity contribution in [2.45, 2.75) is 26.4 Å². The number of benzene rings is 1. The summed E-state index contributed by atoms with van der Waals surface area (Å²) in [6, 6.07) is 6.06. The molecular formula is C16H19FN2O2. The van der Waals surface area contributed by atoms with E-state index in [0.717, 1.165) is 5.39 Å². The average Bonchev–Trinajstić information content (AvgIpc) is 2.43. The van der Waals surface area contributed by atoms with E-state index in [4.69, 9.17) is 0 Å². The predicted octanol–water partition coefficient (Wildman–Crippen LogP) is 2.53. The summed E-state index contributed by atoms with van der Waals surface area (Å²) in [5.74, 6) is -0.491. The van der Waals surface area contributed by atoms with Gasteiger partial charge in [-0.2, -0.15) is 0 Å². The van der Waals surface area contributed by atoms with Crippen LogP contribution in [0.5, 0.6) is 0 Å². The normalized spacial score (nSPS) is 12.4. The number of aromatic nitrogens is 1. The molecule has 1 heterocycles. The number of amides is 1. The van der Waals surface area contributed by atoms with Crippen LogP contribution in [0.2, 0.25) is 0 Å². The maximum atomic E-state index is 13.2. The quantitative estimate of drug-likeness (QED) is 0.941. The van der Waals surface area contributed by atoms with Gasteiger partial charge in [0.05, 0.1) is 22.9 Å². The second-order valence-corrected chi connectivity index (χ2v) is 5.32. The molecule has 2 aromatic rings. The molecule has 2 rings (SSSR count). The standard InChI is InChI=1S/C16H19FN2O2/c1-10(20)6-7-19(3)16(21)14-8-12-4-5-13(17)9-15(12)18-11(14)2/h4-5,8-10,20H,6-7H2,1-3H3. The van der Waals surface area contributed by atoms with E-state index >= 15 is 0 Å². The number of aliphatic hydroxyl groups excluding tert-OH is 1. The number of carbonyl (C=O) groups is 1. The van der Waals surface area contributed by atoms with E-state index in [2.05, 4.69) is 4.98 Å². The third-order valence-corrected chi connectivity index (χ3v) is 3.43. The van der Waals surface area contributed by atoms with Gasteiger partial charge in [-0.25, -0.2) is 4.39 Å². The molecule has 112 valence electrons. The van der Waals surface area contributed by atoms with E-state index < -0.39 is 6.10 Å². The number of halogens is 1. The molecule has 0 aliphatic carbocycles. The first-order valence-corrected chi connectivity index (χ1v) is 6.89. The monoisotopic (exact) mass is 290 g/mol. The number of aryl methyl sites for hydroxylation is 1. The van der Waals surface area contributed by atoms with Gasteiger partial charge in [0.1, 0.15) is 5.82 Å². The van der Waals surface area contributed by atoms with Crippen LogP contribution >= 0.6 is 0 Å². The summed E-state index contributed by atoms with van der Waals surface area (Å²) >= 11 is 0. The highest BCUT2D eigenvalue weighted by Crippen LogP contribution is 2.19. The summed E-state index contributed by atoms with van der Waals surface area (Å²) in [6.45, 7) is 3.90. The lowest BCUT2D eigenvalue weighted by atomic mass is 10.1. The summed E-state index contributed by atoms with van der Waals surface area (Å²) in [6.07, 6.45) is 0.0760. The van der Waals surface area contributed by atoms with Gasteiger partial charge >= 0.3 is 0 Å². The Bertz CT molecular complexity index is 671. The Morgan fingerprint density at radius 2 is 2.14 bits per heavy atom. The van der Waals surface area contributed by atoms with Crippen molar-refractivity contribution in [1.82, 2.24) is 9.88 Å². The zero-order valence-corrected chi connectivity index (χ0v) is 12.4. The van der Waals surface area contributed by atoms with Crippen LogP contribution in [0.25, 0.3) is 10.9 Å². The fraction of sp³-hybridized carbons (Fsp3) is 0.375. The first kappa shape index (κ1) is 15.4. The molecule has 1 atom stereocenters. The molecule has 0 aliphatic heterocycles. The number of nitrogens with zero attached hydrogens (tertiary/aromatic N) is 2. The lowest BCUT2D eigenvalue weighted by Crippen LogP contribution is -2.30. The largest absolute Gasteiger partial charge is 0.393 e. The van der Waals surface area contributed by atoms with Gasteiger partial charge in [0.2, 0.25) is 0 Å². The molecule has 5 heteroatoms. The third-order valence-electron chi connectivity index (χ3n) is 3.43. The lowest BCUT2D eigenvalue weighted by Gasteiger charge is -2.19. The highest BCUT2D eigenvalue weighted by atomic mass is 19.1. The molecular weight excluding hydrogens is 271 g/mol. The van der Waals surface area contributed by atoms with Gasteiger partial charge in [0, 0.05) is 25.0 Å². The second-order valence-electron chi connectivity index (χ2n) is 5.32. The van der Waals surface area contributed by atoms with Crippen molar-refractivity contribution in [3.8, 4) is 0 Å². The summed E-state index contributed by atoms with van der Waals surface area (Å²) in [4.78, 5) is 18.3. The highest BCUT2D eigenvalue weighted by Gasteiger charge is 2.16. The van der Waals surface area contributed by atoms with E-state index in [1.807, 2.05) is 0 Å². The molecule has 0 fully saturated rings. The SMILES string of the molecule is Cc1nc2cc(F)ccc2cc1C(=O)N(C)CCC(C)O. The molecule has 1 aromatic heterocycles. The minimum absolute atomic E-state index is 0.146. The highest BCUT2D eigenvalue weighted by molar-refractivity contribution is 5.98. The topological polar surface area (TPSA) is 53.4 Å². The molecule has 0 saturated heterocycles. The molecule has 21 heavy (non-hydrogen) atoms. The molecule has 1 unspecified atom stereocenters. The predicted molar refractivity (Wildman–Crippen MR) is 79.7 cm³/mol. The van der Waals surface area contributed by atoms with Crippen molar-refractivity contribution in [2.75, 3.05) is 13.6 Å². The Hall–Kier alpha value is -2.01. The molecule has 0 aliphatic rings. The van der Waals surface area contributed by atoms with Gasteiger partial charge in [-0.15, -0.1) is 0 Å². The summed E-state index contributed by atoms with van der Waals surface area (Å²) in [7, 11) is 1.69. The Balaban J connectivity index is 2.30. The summed E-state index contributed by atoms with van der Waals surface area (Å²) in [5.41, 5.74) is 1.61. The van der Waals surface area contributed by atoms with Crippen molar-refractivity contribution in [3.63, 3.8) is 0 Å². The second kappa shape index (κ2) is 6.18. The fourth-order valence-corrected chi connectivity index (χ4v) is 2.14. The number of fused-ring (bicyclic) bond motifs is 1. The van der Waals surface area contributed by atoms with E-state index in [1.54, 1.807) is 37.9 Å². The van der Waals surface area contributed by atoms with Crippen LogP contribution in [0.1, 0.15) is 29.4 Å². The molecule has 1 amide bonds. The Morgan fingerprint density at radius 3 is 2.81 bits per heavy atom. The first-order valence-electron chi connectivity index (χ1n) is 6.89. The van der Waals surface area contributed by atoms with Crippen LogP contribution in [0.3, 0.4) is 0 Å². The van der Waals surface area contributed by atoms with Crippen molar-refractivity contribution in [2.24, 2.45) is 0 Å². The van der Waals surface area contributed by atoms with Crippen LogP contribution < -0.4 is 0 Å². The Labute approximate surface area is 123 Å². The minimum Gasteiger partial charge on any atom is -0.393 e. The summed E-state index contributed by atoms with van der Waals surface area (Å²) < 4.78 is 13.2. The smallest absolute Gasteiger partial charge is 0.255 e. The van der Waals surface area contributed by atoms with Gasteiger partial charge in [0.25, 0.3) is 5.91 Å². The number of carbonyl (C=O) groups excluding carboxylic acids is 1. The van der Waals surface area contributed by atoms with Gasteiger partial charge in [-0.05, 0) is 38.5 Å². The van der Waals surface area contributed by atoms with Crippen LogP contribution in [0.15, 0.2) is 24.3 Å². The van der Waals surface area contributed by atoms with Gasteiger partial charge in [0.15, 0.2) is 0 Å². The van der Waals surface area contributed by atoms with Crippen LogP contribution in [-0.4, -0.2) is 40.6 Å². The van der Waals surface area contributed by atoms with Crippen LogP contribution in [-0.2, 0) is 0 Å². The molecule has 4 nitrogen and oxygen atoms in total. The van der Waals surface area contributed by atoms with Crippen molar-refractivity contribution in [3.05, 3.63) is 41.3 Å². The Kier molecular flexibility index (Phi) is 4.53. The van der Waals surface area contributed by atoms with Gasteiger partial charge in [-0.3, -0.25) is 9.78 Å². The molecule has 0 bridgehead atoms. The zero-order valence-electron chi connectivity index (χ0n) is 12.4. The van der Waals surface area contributed by atoms with E-state index in [9.17, 15) is 14.3 Å². The fourth-order valence-electron chi connectivity index (χ4n) is 2.14. The van der Waals surface area contributed by atoms with Crippen molar-refractivity contribution < 1.29 is 14.3 Å². The maximum absolute atomic E-state index is 13.2. The van der Waals surface area contributed by atoms with Crippen LogP contribution in [0.4, 0.5) is 4.39 Å². The van der Waals surface area contributed by atoms with Gasteiger partial charge < -0.3 is 10.0 Å². The molecule has 0 radical (unpaired) electrons. The lowest BCUT2D eigenvalue weighted by molar-refractivity contribution is 0.0768. The minimum atomic E-state index is -0.445. The average molecular weight is 290 g/mol.